The monoisotopic (exact) mass is 198 g/mol. The molecule has 0 heterocycles. The first-order valence-electron chi connectivity index (χ1n) is 4.89. The van der Waals surface area contributed by atoms with Gasteiger partial charge in [0.15, 0.2) is 0 Å². The van der Waals surface area contributed by atoms with Crippen LogP contribution in [0.15, 0.2) is 11.1 Å². The van der Waals surface area contributed by atoms with E-state index < -0.39 is 0 Å². The number of carbonyl (C=O) groups excluding carboxylic acids is 2. The van der Waals surface area contributed by atoms with Crippen molar-refractivity contribution in [1.82, 2.24) is 0 Å². The van der Waals surface area contributed by atoms with Crippen LogP contribution in [0.1, 0.15) is 40.0 Å². The zero-order valence-corrected chi connectivity index (χ0v) is 9.13. The summed E-state index contributed by atoms with van der Waals surface area (Å²) in [5.41, 5.74) is 1.80. The van der Waals surface area contributed by atoms with Crippen LogP contribution in [0, 0.1) is 0 Å². The van der Waals surface area contributed by atoms with Gasteiger partial charge in [-0.05, 0) is 39.2 Å². The Morgan fingerprint density at radius 3 is 2.43 bits per heavy atom. The molecular formula is C11H18O3. The summed E-state index contributed by atoms with van der Waals surface area (Å²) in [6, 6.07) is 0. The third kappa shape index (κ3) is 5.51. The van der Waals surface area contributed by atoms with Crippen molar-refractivity contribution in [2.45, 2.75) is 40.0 Å². The van der Waals surface area contributed by atoms with Gasteiger partial charge in [0.2, 0.25) is 0 Å². The quantitative estimate of drug-likeness (QED) is 0.373. The lowest BCUT2D eigenvalue weighted by Gasteiger charge is -2.03. The summed E-state index contributed by atoms with van der Waals surface area (Å²) in [5.74, 6) is -0.163. The van der Waals surface area contributed by atoms with E-state index in [4.69, 9.17) is 4.74 Å². The SMILES string of the molecule is CCOC(=O)CCC/C(C)=C(\C)C=O. The van der Waals surface area contributed by atoms with Crippen molar-refractivity contribution in [2.75, 3.05) is 6.61 Å². The third-order valence-corrected chi connectivity index (χ3v) is 2.09. The molecule has 0 saturated heterocycles. The molecule has 0 unspecified atom stereocenters. The van der Waals surface area contributed by atoms with Crippen LogP contribution in [0.25, 0.3) is 0 Å². The van der Waals surface area contributed by atoms with Gasteiger partial charge in [-0.2, -0.15) is 0 Å². The molecule has 0 rings (SSSR count). The van der Waals surface area contributed by atoms with E-state index in [1.165, 1.54) is 0 Å². The average molecular weight is 198 g/mol. The molecule has 0 aliphatic carbocycles. The molecular weight excluding hydrogens is 180 g/mol. The standard InChI is InChI=1S/C11H18O3/c1-4-14-11(13)7-5-6-9(2)10(3)8-12/h8H,4-7H2,1-3H3/b10-9+. The highest BCUT2D eigenvalue weighted by Gasteiger charge is 2.02. The van der Waals surface area contributed by atoms with E-state index >= 15 is 0 Å². The Hall–Kier alpha value is -1.12. The fourth-order valence-corrected chi connectivity index (χ4v) is 1.03. The number of rotatable bonds is 6. The van der Waals surface area contributed by atoms with Gasteiger partial charge in [0.05, 0.1) is 6.61 Å². The highest BCUT2D eigenvalue weighted by Crippen LogP contribution is 2.10. The van der Waals surface area contributed by atoms with Gasteiger partial charge in [0.25, 0.3) is 0 Å². The average Bonchev–Trinajstić information content (AvgIpc) is 2.16. The van der Waals surface area contributed by atoms with Gasteiger partial charge in [0, 0.05) is 6.42 Å². The second-order valence-corrected chi connectivity index (χ2v) is 3.24. The lowest BCUT2D eigenvalue weighted by atomic mass is 10.1. The maximum absolute atomic E-state index is 11.0. The molecule has 3 heteroatoms. The van der Waals surface area contributed by atoms with Gasteiger partial charge in [-0.1, -0.05) is 5.57 Å². The maximum atomic E-state index is 11.0. The predicted octanol–water partition coefficient (Wildman–Crippen LogP) is 2.26. The molecule has 0 aromatic rings. The van der Waals surface area contributed by atoms with E-state index in [1.54, 1.807) is 13.8 Å². The van der Waals surface area contributed by atoms with Gasteiger partial charge in [-0.15, -0.1) is 0 Å². The van der Waals surface area contributed by atoms with E-state index in [0.29, 0.717) is 13.0 Å². The van der Waals surface area contributed by atoms with Crippen LogP contribution in [0.3, 0.4) is 0 Å². The van der Waals surface area contributed by atoms with Crippen LogP contribution < -0.4 is 0 Å². The first-order chi connectivity index (χ1) is 6.61. The van der Waals surface area contributed by atoms with Crippen molar-refractivity contribution < 1.29 is 14.3 Å². The molecule has 0 atom stereocenters. The summed E-state index contributed by atoms with van der Waals surface area (Å²) < 4.78 is 4.79. The van der Waals surface area contributed by atoms with E-state index in [0.717, 1.165) is 30.3 Å². The second kappa shape index (κ2) is 7.30. The van der Waals surface area contributed by atoms with Crippen LogP contribution in [0.5, 0.6) is 0 Å². The van der Waals surface area contributed by atoms with Crippen LogP contribution in [0.4, 0.5) is 0 Å². The number of allylic oxidation sites excluding steroid dienone is 2. The van der Waals surface area contributed by atoms with Crippen molar-refractivity contribution in [3.05, 3.63) is 11.1 Å². The van der Waals surface area contributed by atoms with E-state index in [-0.39, 0.29) is 5.97 Å². The number of esters is 1. The molecule has 0 saturated carbocycles. The van der Waals surface area contributed by atoms with Crippen molar-refractivity contribution in [2.24, 2.45) is 0 Å². The highest BCUT2D eigenvalue weighted by molar-refractivity contribution is 5.73. The second-order valence-electron chi connectivity index (χ2n) is 3.24. The van der Waals surface area contributed by atoms with Gasteiger partial charge < -0.3 is 4.74 Å². The summed E-state index contributed by atoms with van der Waals surface area (Å²) in [6.45, 7) is 5.92. The number of hydrogen-bond donors (Lipinski definition) is 0. The van der Waals surface area contributed by atoms with Crippen LogP contribution in [0.2, 0.25) is 0 Å². The zero-order valence-electron chi connectivity index (χ0n) is 9.13. The Balaban J connectivity index is 3.74. The molecule has 0 N–H and O–H groups in total. The first kappa shape index (κ1) is 12.9. The van der Waals surface area contributed by atoms with Gasteiger partial charge >= 0.3 is 5.97 Å². The Morgan fingerprint density at radius 2 is 1.93 bits per heavy atom. The normalized spacial score (nSPS) is 11.9. The van der Waals surface area contributed by atoms with Gasteiger partial charge in [-0.25, -0.2) is 0 Å². The Labute approximate surface area is 85.1 Å². The minimum absolute atomic E-state index is 0.163. The van der Waals surface area contributed by atoms with Crippen molar-refractivity contribution >= 4 is 12.3 Å². The Kier molecular flexibility index (Phi) is 6.72. The molecule has 0 bridgehead atoms. The van der Waals surface area contributed by atoms with Crippen molar-refractivity contribution in [3.8, 4) is 0 Å². The summed E-state index contributed by atoms with van der Waals surface area (Å²) in [4.78, 5) is 21.4. The van der Waals surface area contributed by atoms with Gasteiger partial charge in [-0.3, -0.25) is 9.59 Å². The van der Waals surface area contributed by atoms with E-state index in [2.05, 4.69) is 0 Å². The molecule has 0 aliphatic heterocycles. The van der Waals surface area contributed by atoms with E-state index in [1.807, 2.05) is 6.92 Å². The maximum Gasteiger partial charge on any atom is 0.305 e. The molecule has 14 heavy (non-hydrogen) atoms. The van der Waals surface area contributed by atoms with Gasteiger partial charge in [0.1, 0.15) is 6.29 Å². The lowest BCUT2D eigenvalue weighted by Crippen LogP contribution is -2.03. The molecule has 0 aliphatic rings. The fourth-order valence-electron chi connectivity index (χ4n) is 1.03. The van der Waals surface area contributed by atoms with Crippen LogP contribution in [-0.4, -0.2) is 18.9 Å². The van der Waals surface area contributed by atoms with Crippen LogP contribution >= 0.6 is 0 Å². The largest absolute Gasteiger partial charge is 0.466 e. The molecule has 0 fully saturated rings. The minimum Gasteiger partial charge on any atom is -0.466 e. The zero-order chi connectivity index (χ0) is 11.0. The number of aldehydes is 1. The number of carbonyl (C=O) groups is 2. The Morgan fingerprint density at radius 1 is 1.29 bits per heavy atom. The molecule has 80 valence electrons. The van der Waals surface area contributed by atoms with E-state index in [9.17, 15) is 9.59 Å². The minimum atomic E-state index is -0.163. The number of ether oxygens (including phenoxy) is 1. The molecule has 0 aromatic carbocycles. The molecule has 0 radical (unpaired) electrons. The molecule has 0 aromatic heterocycles. The van der Waals surface area contributed by atoms with Crippen molar-refractivity contribution in [1.29, 1.82) is 0 Å². The summed E-state index contributed by atoms with van der Waals surface area (Å²) in [6.07, 6.45) is 2.80. The molecule has 3 nitrogen and oxygen atoms in total. The fraction of sp³-hybridized carbons (Fsp3) is 0.636. The smallest absolute Gasteiger partial charge is 0.305 e. The highest BCUT2D eigenvalue weighted by atomic mass is 16.5. The van der Waals surface area contributed by atoms with Crippen molar-refractivity contribution in [3.63, 3.8) is 0 Å². The molecule has 0 spiro atoms. The topological polar surface area (TPSA) is 43.4 Å². The summed E-state index contributed by atoms with van der Waals surface area (Å²) in [5, 5.41) is 0. The molecule has 0 amide bonds. The third-order valence-electron chi connectivity index (χ3n) is 2.09. The Bertz CT molecular complexity index is 229. The number of hydrogen-bond acceptors (Lipinski definition) is 3. The predicted molar refractivity (Wildman–Crippen MR) is 54.9 cm³/mol. The van der Waals surface area contributed by atoms with Crippen LogP contribution in [-0.2, 0) is 14.3 Å². The summed E-state index contributed by atoms with van der Waals surface area (Å²) in [7, 11) is 0. The first-order valence-corrected chi connectivity index (χ1v) is 4.89. The lowest BCUT2D eigenvalue weighted by molar-refractivity contribution is -0.143. The summed E-state index contributed by atoms with van der Waals surface area (Å²) >= 11 is 0.